The molecule has 0 aliphatic carbocycles. The molecule has 0 heterocycles. The molecule has 0 amide bonds. The van der Waals surface area contributed by atoms with E-state index in [4.69, 9.17) is 11.6 Å². The van der Waals surface area contributed by atoms with Gasteiger partial charge in [-0.1, -0.05) is 17.7 Å². The molecule has 1 aromatic rings. The first-order chi connectivity index (χ1) is 7.04. The van der Waals surface area contributed by atoms with Crippen molar-refractivity contribution in [3.05, 3.63) is 38.9 Å². The molecule has 0 aliphatic heterocycles. The summed E-state index contributed by atoms with van der Waals surface area (Å²) in [5, 5.41) is 10.5. The Morgan fingerprint density at radius 2 is 2.27 bits per heavy atom. The summed E-state index contributed by atoms with van der Waals surface area (Å²) in [6.45, 7) is 0. The van der Waals surface area contributed by atoms with E-state index in [1.54, 1.807) is 0 Å². The Kier molecular flexibility index (Phi) is 3.62. The fourth-order valence-electron chi connectivity index (χ4n) is 1.05. The van der Waals surface area contributed by atoms with Crippen LogP contribution in [0, 0.1) is 10.1 Å². The summed E-state index contributed by atoms with van der Waals surface area (Å²) in [5.74, 6) is -0.417. The number of nitrogens with zero attached hydrogens (tertiary/aromatic N) is 1. The predicted molar refractivity (Wildman–Crippen MR) is 53.8 cm³/mol. The zero-order valence-corrected chi connectivity index (χ0v) is 8.65. The van der Waals surface area contributed by atoms with E-state index in [0.717, 1.165) is 0 Å². The quantitative estimate of drug-likeness (QED) is 0.451. The van der Waals surface area contributed by atoms with Gasteiger partial charge >= 0.3 is 5.97 Å². The van der Waals surface area contributed by atoms with Crippen molar-refractivity contribution in [1.29, 1.82) is 0 Å². The number of benzene rings is 1. The summed E-state index contributed by atoms with van der Waals surface area (Å²) in [6, 6.07) is 4.12. The van der Waals surface area contributed by atoms with Gasteiger partial charge in [0.2, 0.25) is 0 Å². The van der Waals surface area contributed by atoms with Crippen LogP contribution in [0.15, 0.2) is 18.2 Å². The van der Waals surface area contributed by atoms with Crippen molar-refractivity contribution < 1.29 is 14.5 Å². The Labute approximate surface area is 90.8 Å². The van der Waals surface area contributed by atoms with Gasteiger partial charge in [-0.25, -0.2) is 0 Å². The van der Waals surface area contributed by atoms with Gasteiger partial charge in [0.05, 0.1) is 18.5 Å². The minimum Gasteiger partial charge on any atom is -0.469 e. The zero-order valence-electron chi connectivity index (χ0n) is 7.90. The van der Waals surface area contributed by atoms with E-state index in [2.05, 4.69) is 4.74 Å². The number of carbonyl (C=O) groups is 1. The van der Waals surface area contributed by atoms with Crippen LogP contribution < -0.4 is 0 Å². The highest BCUT2D eigenvalue weighted by Crippen LogP contribution is 2.25. The standard InChI is InChI=1S/C9H8ClNO4/c1-15-9(12)5-6-2-3-8(11(13)14)7(10)4-6/h2-4H,5H2,1H3. The minimum atomic E-state index is -0.579. The molecule has 80 valence electrons. The Balaban J connectivity index is 2.91. The van der Waals surface area contributed by atoms with Gasteiger partial charge in [0.15, 0.2) is 0 Å². The van der Waals surface area contributed by atoms with Crippen molar-refractivity contribution in [2.24, 2.45) is 0 Å². The number of rotatable bonds is 3. The van der Waals surface area contributed by atoms with E-state index in [-0.39, 0.29) is 17.1 Å². The molecular weight excluding hydrogens is 222 g/mol. The highest BCUT2D eigenvalue weighted by Gasteiger charge is 2.13. The molecule has 0 aromatic heterocycles. The molecule has 0 bridgehead atoms. The summed E-state index contributed by atoms with van der Waals surface area (Å²) < 4.78 is 4.46. The third-order valence-corrected chi connectivity index (χ3v) is 2.09. The number of esters is 1. The molecule has 0 fully saturated rings. The molecule has 0 aliphatic rings. The van der Waals surface area contributed by atoms with Crippen molar-refractivity contribution >= 4 is 23.3 Å². The van der Waals surface area contributed by atoms with Gasteiger partial charge in [0.1, 0.15) is 5.02 Å². The number of nitro benzene ring substituents is 1. The summed E-state index contributed by atoms with van der Waals surface area (Å²) in [4.78, 5) is 20.8. The number of nitro groups is 1. The average Bonchev–Trinajstić information content (AvgIpc) is 2.17. The van der Waals surface area contributed by atoms with Gasteiger partial charge in [-0.3, -0.25) is 14.9 Å². The molecule has 0 atom stereocenters. The molecule has 0 saturated carbocycles. The SMILES string of the molecule is COC(=O)Cc1ccc([N+](=O)[O-])c(Cl)c1. The molecule has 0 N–H and O–H groups in total. The number of carbonyl (C=O) groups excluding carboxylic acids is 1. The first-order valence-corrected chi connectivity index (χ1v) is 4.42. The van der Waals surface area contributed by atoms with E-state index < -0.39 is 10.9 Å². The molecule has 0 saturated heterocycles. The maximum Gasteiger partial charge on any atom is 0.309 e. The molecule has 5 nitrogen and oxygen atoms in total. The van der Waals surface area contributed by atoms with Gasteiger partial charge in [0, 0.05) is 6.07 Å². The Bertz CT molecular complexity index is 405. The summed E-state index contributed by atoms with van der Waals surface area (Å²) in [6.07, 6.45) is 0.0498. The molecule has 1 rings (SSSR count). The molecule has 1 aromatic carbocycles. The highest BCUT2D eigenvalue weighted by atomic mass is 35.5. The van der Waals surface area contributed by atoms with Gasteiger partial charge in [-0.2, -0.15) is 0 Å². The van der Waals surface area contributed by atoms with Crippen molar-refractivity contribution in [3.8, 4) is 0 Å². The molecule has 0 unspecified atom stereocenters. The van der Waals surface area contributed by atoms with E-state index in [1.165, 1.54) is 25.3 Å². The fraction of sp³-hybridized carbons (Fsp3) is 0.222. The summed E-state index contributed by atoms with van der Waals surface area (Å²) in [7, 11) is 1.27. The minimum absolute atomic E-state index is 0.0152. The van der Waals surface area contributed by atoms with Crippen LogP contribution in [0.1, 0.15) is 5.56 Å². The first kappa shape index (κ1) is 11.5. The van der Waals surface area contributed by atoms with Crippen molar-refractivity contribution in [1.82, 2.24) is 0 Å². The lowest BCUT2D eigenvalue weighted by Gasteiger charge is -2.00. The first-order valence-electron chi connectivity index (χ1n) is 4.04. The van der Waals surface area contributed by atoms with Crippen molar-refractivity contribution in [2.75, 3.05) is 7.11 Å². The van der Waals surface area contributed by atoms with Crippen LogP contribution in [0.3, 0.4) is 0 Å². The molecule has 15 heavy (non-hydrogen) atoms. The topological polar surface area (TPSA) is 69.4 Å². The number of hydrogen-bond acceptors (Lipinski definition) is 4. The molecule has 6 heteroatoms. The van der Waals surface area contributed by atoms with Gasteiger partial charge in [0.25, 0.3) is 5.69 Å². The average molecular weight is 230 g/mol. The summed E-state index contributed by atoms with van der Waals surface area (Å²) >= 11 is 5.66. The van der Waals surface area contributed by atoms with Crippen LogP contribution in [0.2, 0.25) is 5.02 Å². The van der Waals surface area contributed by atoms with Crippen molar-refractivity contribution in [2.45, 2.75) is 6.42 Å². The second-order valence-electron chi connectivity index (χ2n) is 2.80. The lowest BCUT2D eigenvalue weighted by molar-refractivity contribution is -0.384. The van der Waals surface area contributed by atoms with E-state index in [9.17, 15) is 14.9 Å². The fourth-order valence-corrected chi connectivity index (χ4v) is 1.32. The number of halogens is 1. The van der Waals surface area contributed by atoms with Gasteiger partial charge in [-0.05, 0) is 11.6 Å². The summed E-state index contributed by atoms with van der Waals surface area (Å²) in [5.41, 5.74) is 0.405. The maximum absolute atomic E-state index is 10.9. The van der Waals surface area contributed by atoms with Gasteiger partial charge < -0.3 is 4.74 Å². The monoisotopic (exact) mass is 229 g/mol. The zero-order chi connectivity index (χ0) is 11.4. The lowest BCUT2D eigenvalue weighted by atomic mass is 10.1. The molecule has 0 radical (unpaired) electrons. The van der Waals surface area contributed by atoms with Crippen LogP contribution in [0.4, 0.5) is 5.69 Å². The van der Waals surface area contributed by atoms with Crippen molar-refractivity contribution in [3.63, 3.8) is 0 Å². The lowest BCUT2D eigenvalue weighted by Crippen LogP contribution is -2.04. The van der Waals surface area contributed by atoms with Gasteiger partial charge in [-0.15, -0.1) is 0 Å². The second-order valence-corrected chi connectivity index (χ2v) is 3.20. The molecule has 0 spiro atoms. The highest BCUT2D eigenvalue weighted by molar-refractivity contribution is 6.32. The number of hydrogen-bond donors (Lipinski definition) is 0. The van der Waals surface area contributed by atoms with Crippen LogP contribution in [-0.2, 0) is 16.0 Å². The Hall–Kier alpha value is -1.62. The van der Waals surface area contributed by atoms with Crippen LogP contribution in [0.25, 0.3) is 0 Å². The van der Waals surface area contributed by atoms with E-state index in [0.29, 0.717) is 5.56 Å². The van der Waals surface area contributed by atoms with Crippen LogP contribution in [0.5, 0.6) is 0 Å². The number of ether oxygens (including phenoxy) is 1. The third-order valence-electron chi connectivity index (χ3n) is 1.78. The smallest absolute Gasteiger partial charge is 0.309 e. The second kappa shape index (κ2) is 4.75. The predicted octanol–water partition coefficient (Wildman–Crippen LogP) is 1.96. The third kappa shape index (κ3) is 2.92. The van der Waals surface area contributed by atoms with Crippen LogP contribution in [-0.4, -0.2) is 18.0 Å². The Morgan fingerprint density at radius 3 is 2.73 bits per heavy atom. The van der Waals surface area contributed by atoms with E-state index in [1.807, 2.05) is 0 Å². The maximum atomic E-state index is 10.9. The van der Waals surface area contributed by atoms with E-state index >= 15 is 0 Å². The molecular formula is C9H8ClNO4. The van der Waals surface area contributed by atoms with Crippen LogP contribution >= 0.6 is 11.6 Å². The number of methoxy groups -OCH3 is 1. The largest absolute Gasteiger partial charge is 0.469 e. The normalized spacial score (nSPS) is 9.73. The Morgan fingerprint density at radius 1 is 1.60 bits per heavy atom.